The summed E-state index contributed by atoms with van der Waals surface area (Å²) in [5.41, 5.74) is 0.499. The fourth-order valence-corrected chi connectivity index (χ4v) is 3.33. The number of carbonyl (C=O) groups excluding carboxylic acids is 2. The quantitative estimate of drug-likeness (QED) is 0.908. The molecule has 1 aliphatic carbocycles. The number of anilines is 1. The molecule has 0 spiro atoms. The summed E-state index contributed by atoms with van der Waals surface area (Å²) in [6.45, 7) is 3.61. The summed E-state index contributed by atoms with van der Waals surface area (Å²) < 4.78 is 0. The van der Waals surface area contributed by atoms with Gasteiger partial charge in [-0.3, -0.25) is 14.5 Å². The number of hydrogen-bond acceptors (Lipinski definition) is 2. The van der Waals surface area contributed by atoms with E-state index in [-0.39, 0.29) is 24.3 Å². The molecule has 6 heteroatoms. The predicted molar refractivity (Wildman–Crippen MR) is 82.8 cm³/mol. The van der Waals surface area contributed by atoms with Gasteiger partial charge in [0.1, 0.15) is 12.1 Å². The Bertz CT molecular complexity index is 643. The van der Waals surface area contributed by atoms with Crippen molar-refractivity contribution in [2.24, 2.45) is 5.92 Å². The van der Waals surface area contributed by atoms with Gasteiger partial charge in [-0.25, -0.2) is 0 Å². The van der Waals surface area contributed by atoms with Crippen molar-refractivity contribution in [1.29, 1.82) is 0 Å². The number of piperazine rings is 1. The molecular weight excluding hydrogens is 311 g/mol. The number of halogens is 2. The highest BCUT2D eigenvalue weighted by Crippen LogP contribution is 2.43. The second-order valence-electron chi connectivity index (χ2n) is 5.97. The van der Waals surface area contributed by atoms with Gasteiger partial charge in [0.2, 0.25) is 5.91 Å². The summed E-state index contributed by atoms with van der Waals surface area (Å²) in [5.74, 6) is -0.0837. The Kier molecular flexibility index (Phi) is 3.41. The highest BCUT2D eigenvalue weighted by molar-refractivity contribution is 6.36. The van der Waals surface area contributed by atoms with Crippen molar-refractivity contribution in [1.82, 2.24) is 5.32 Å². The van der Waals surface area contributed by atoms with Gasteiger partial charge in [0.05, 0.1) is 10.7 Å². The van der Waals surface area contributed by atoms with E-state index in [0.29, 0.717) is 15.7 Å². The molecule has 2 amide bonds. The van der Waals surface area contributed by atoms with Crippen LogP contribution in [0.1, 0.15) is 25.3 Å². The molecule has 3 rings (SSSR count). The Morgan fingerprint density at radius 2 is 1.90 bits per heavy atom. The summed E-state index contributed by atoms with van der Waals surface area (Å²) in [6, 6.07) is 3.37. The van der Waals surface area contributed by atoms with Gasteiger partial charge in [-0.05, 0) is 50.3 Å². The lowest BCUT2D eigenvalue weighted by Crippen LogP contribution is -2.66. The molecule has 1 saturated heterocycles. The van der Waals surface area contributed by atoms with E-state index in [1.165, 1.54) is 4.90 Å². The van der Waals surface area contributed by atoms with Gasteiger partial charge in [-0.1, -0.05) is 23.2 Å². The third-order valence-corrected chi connectivity index (χ3v) is 5.01. The second kappa shape index (κ2) is 4.89. The van der Waals surface area contributed by atoms with Gasteiger partial charge < -0.3 is 5.32 Å². The summed E-state index contributed by atoms with van der Waals surface area (Å²) in [6.07, 6.45) is 1.91. The van der Waals surface area contributed by atoms with Crippen molar-refractivity contribution in [2.45, 2.75) is 32.2 Å². The molecule has 112 valence electrons. The molecule has 1 saturated carbocycles. The third kappa shape index (κ3) is 2.40. The molecule has 2 aliphatic rings. The second-order valence-corrected chi connectivity index (χ2v) is 6.78. The first kappa shape index (κ1) is 14.7. The molecule has 2 fully saturated rings. The molecule has 1 aliphatic heterocycles. The fourth-order valence-electron chi connectivity index (χ4n) is 2.85. The third-order valence-electron chi connectivity index (χ3n) is 4.30. The van der Waals surface area contributed by atoms with E-state index in [4.69, 9.17) is 23.2 Å². The Hall–Kier alpha value is -1.26. The minimum Gasteiger partial charge on any atom is -0.340 e. The molecule has 0 aromatic heterocycles. The Balaban J connectivity index is 2.03. The molecule has 1 unspecified atom stereocenters. The van der Waals surface area contributed by atoms with Gasteiger partial charge in [-0.15, -0.1) is 0 Å². The van der Waals surface area contributed by atoms with Crippen LogP contribution in [0, 0.1) is 12.8 Å². The van der Waals surface area contributed by atoms with E-state index < -0.39 is 5.54 Å². The average molecular weight is 327 g/mol. The maximum atomic E-state index is 12.8. The SMILES string of the molecule is Cc1cc(Cl)c(N2CC(=O)NC(C)(C3CC3)C2=O)cc1Cl. The molecule has 4 nitrogen and oxygen atoms in total. The van der Waals surface area contributed by atoms with Crippen molar-refractivity contribution in [2.75, 3.05) is 11.4 Å². The van der Waals surface area contributed by atoms with Gasteiger partial charge in [0, 0.05) is 5.02 Å². The van der Waals surface area contributed by atoms with Crippen LogP contribution in [0.15, 0.2) is 12.1 Å². The standard InChI is InChI=1S/C15H16Cl2N2O2/c1-8-5-11(17)12(6-10(8)16)19-7-13(20)18-15(2,14(19)21)9-3-4-9/h5-6,9H,3-4,7H2,1-2H3,(H,18,20). The highest BCUT2D eigenvalue weighted by atomic mass is 35.5. The number of aryl methyl sites for hydroxylation is 1. The number of benzene rings is 1. The van der Waals surface area contributed by atoms with Crippen LogP contribution in [-0.2, 0) is 9.59 Å². The Morgan fingerprint density at radius 1 is 1.24 bits per heavy atom. The minimum absolute atomic E-state index is 0.0275. The molecule has 1 aromatic rings. The highest BCUT2D eigenvalue weighted by Gasteiger charge is 2.53. The van der Waals surface area contributed by atoms with Crippen LogP contribution >= 0.6 is 23.2 Å². The first-order valence-corrected chi connectivity index (χ1v) is 7.67. The van der Waals surface area contributed by atoms with E-state index >= 15 is 0 Å². The van der Waals surface area contributed by atoms with Crippen molar-refractivity contribution >= 4 is 40.7 Å². The smallest absolute Gasteiger partial charge is 0.253 e. The molecular formula is C15H16Cl2N2O2. The predicted octanol–water partition coefficient (Wildman–Crippen LogP) is 2.93. The van der Waals surface area contributed by atoms with Crippen LogP contribution in [0.3, 0.4) is 0 Å². The summed E-state index contributed by atoms with van der Waals surface area (Å²) in [4.78, 5) is 26.3. The average Bonchev–Trinajstić information content (AvgIpc) is 3.23. The zero-order valence-electron chi connectivity index (χ0n) is 11.9. The molecule has 0 radical (unpaired) electrons. The molecule has 1 heterocycles. The molecule has 1 N–H and O–H groups in total. The van der Waals surface area contributed by atoms with E-state index in [9.17, 15) is 9.59 Å². The number of hydrogen-bond donors (Lipinski definition) is 1. The van der Waals surface area contributed by atoms with Crippen molar-refractivity contribution in [3.05, 3.63) is 27.7 Å². The maximum absolute atomic E-state index is 12.8. The molecule has 21 heavy (non-hydrogen) atoms. The number of nitrogens with zero attached hydrogens (tertiary/aromatic N) is 1. The number of rotatable bonds is 2. The first-order chi connectivity index (χ1) is 9.83. The van der Waals surface area contributed by atoms with Gasteiger partial charge in [-0.2, -0.15) is 0 Å². The number of carbonyl (C=O) groups is 2. The lowest BCUT2D eigenvalue weighted by Gasteiger charge is -2.40. The topological polar surface area (TPSA) is 49.4 Å². The van der Waals surface area contributed by atoms with Gasteiger partial charge in [0.15, 0.2) is 0 Å². The summed E-state index contributed by atoms with van der Waals surface area (Å²) in [7, 11) is 0. The fraction of sp³-hybridized carbons (Fsp3) is 0.467. The zero-order valence-corrected chi connectivity index (χ0v) is 13.4. The Labute approximate surface area is 133 Å². The lowest BCUT2D eigenvalue weighted by molar-refractivity contribution is -0.136. The van der Waals surface area contributed by atoms with Crippen LogP contribution in [0.5, 0.6) is 0 Å². The van der Waals surface area contributed by atoms with Crippen molar-refractivity contribution in [3.8, 4) is 0 Å². The molecule has 0 bridgehead atoms. The summed E-state index contributed by atoms with van der Waals surface area (Å²) in [5, 5.41) is 3.80. The van der Waals surface area contributed by atoms with Crippen LogP contribution in [0.4, 0.5) is 5.69 Å². The van der Waals surface area contributed by atoms with Crippen LogP contribution in [0.25, 0.3) is 0 Å². The zero-order chi connectivity index (χ0) is 15.4. The molecule has 1 atom stereocenters. The maximum Gasteiger partial charge on any atom is 0.253 e. The number of nitrogens with one attached hydrogen (secondary N) is 1. The van der Waals surface area contributed by atoms with Crippen molar-refractivity contribution in [3.63, 3.8) is 0 Å². The monoisotopic (exact) mass is 326 g/mol. The van der Waals surface area contributed by atoms with E-state index in [1.54, 1.807) is 19.1 Å². The van der Waals surface area contributed by atoms with Crippen LogP contribution in [0.2, 0.25) is 10.0 Å². The van der Waals surface area contributed by atoms with Crippen LogP contribution < -0.4 is 10.2 Å². The number of amides is 2. The van der Waals surface area contributed by atoms with Crippen LogP contribution in [-0.4, -0.2) is 23.9 Å². The van der Waals surface area contributed by atoms with Gasteiger partial charge in [0.25, 0.3) is 5.91 Å². The lowest BCUT2D eigenvalue weighted by atomic mass is 9.91. The van der Waals surface area contributed by atoms with Gasteiger partial charge >= 0.3 is 0 Å². The minimum atomic E-state index is -0.837. The largest absolute Gasteiger partial charge is 0.340 e. The van der Waals surface area contributed by atoms with E-state index in [2.05, 4.69) is 5.32 Å². The first-order valence-electron chi connectivity index (χ1n) is 6.91. The Morgan fingerprint density at radius 3 is 2.52 bits per heavy atom. The van der Waals surface area contributed by atoms with E-state index in [0.717, 1.165) is 18.4 Å². The van der Waals surface area contributed by atoms with E-state index in [1.807, 2.05) is 6.92 Å². The normalized spacial score (nSPS) is 26.0. The van der Waals surface area contributed by atoms with Crippen molar-refractivity contribution < 1.29 is 9.59 Å². The summed E-state index contributed by atoms with van der Waals surface area (Å²) >= 11 is 12.4. The molecule has 1 aromatic carbocycles.